The molecule has 1 N–H and O–H groups in total. The minimum Gasteiger partial charge on any atom is -0.459 e. The molecule has 0 heterocycles. The summed E-state index contributed by atoms with van der Waals surface area (Å²) in [5.74, 6) is -2.38. The minimum atomic E-state index is -1.27. The van der Waals surface area contributed by atoms with E-state index in [9.17, 15) is 24.0 Å². The smallest absolute Gasteiger partial charge is 0.410 e. The van der Waals surface area contributed by atoms with Crippen LogP contribution in [0.5, 0.6) is 0 Å². The van der Waals surface area contributed by atoms with E-state index in [-0.39, 0.29) is 12.4 Å². The molecular formula is C18H21NO10S. The Morgan fingerprint density at radius 1 is 0.867 bits per heavy atom. The van der Waals surface area contributed by atoms with Gasteiger partial charge in [0, 0.05) is 19.6 Å². The van der Waals surface area contributed by atoms with Crippen LogP contribution >= 0.6 is 11.8 Å². The average molecular weight is 443 g/mol. The zero-order valence-electron chi connectivity index (χ0n) is 16.3. The third kappa shape index (κ3) is 11.5. The van der Waals surface area contributed by atoms with Gasteiger partial charge in [0.2, 0.25) is 13.6 Å². The van der Waals surface area contributed by atoms with Crippen molar-refractivity contribution in [2.24, 2.45) is 0 Å². The number of carbonyl (C=O) groups is 5. The van der Waals surface area contributed by atoms with Crippen molar-refractivity contribution in [2.45, 2.75) is 26.5 Å². The van der Waals surface area contributed by atoms with E-state index in [1.54, 1.807) is 30.3 Å². The molecule has 11 nitrogen and oxygen atoms in total. The molecule has 1 rings (SSSR count). The molecule has 1 atom stereocenters. The minimum absolute atomic E-state index is 0.0537. The Labute approximate surface area is 176 Å². The van der Waals surface area contributed by atoms with Crippen LogP contribution in [-0.2, 0) is 44.7 Å². The Kier molecular flexibility index (Phi) is 11.4. The molecule has 0 aliphatic rings. The highest BCUT2D eigenvalue weighted by Crippen LogP contribution is 2.10. The van der Waals surface area contributed by atoms with Gasteiger partial charge in [-0.2, -0.15) is 0 Å². The lowest BCUT2D eigenvalue weighted by atomic mass is 10.2. The van der Waals surface area contributed by atoms with Crippen LogP contribution < -0.4 is 5.32 Å². The largest absolute Gasteiger partial charge is 0.459 e. The number of carbonyl (C=O) groups excluding carboxylic acids is 5. The number of hydrogen-bond donors (Lipinski definition) is 1. The van der Waals surface area contributed by atoms with Crippen molar-refractivity contribution in [2.75, 3.05) is 19.3 Å². The van der Waals surface area contributed by atoms with Crippen molar-refractivity contribution in [3.63, 3.8) is 0 Å². The van der Waals surface area contributed by atoms with Crippen molar-refractivity contribution >= 4 is 41.1 Å². The van der Waals surface area contributed by atoms with E-state index in [4.69, 9.17) is 4.74 Å². The van der Waals surface area contributed by atoms with Gasteiger partial charge in [0.05, 0.1) is 0 Å². The van der Waals surface area contributed by atoms with Gasteiger partial charge < -0.3 is 29.0 Å². The number of amides is 1. The molecule has 164 valence electrons. The summed E-state index contributed by atoms with van der Waals surface area (Å²) in [5, 5.41) is 1.37. The molecule has 0 saturated carbocycles. The Morgan fingerprint density at radius 3 is 2.07 bits per heavy atom. The molecule has 1 aromatic carbocycles. The van der Waals surface area contributed by atoms with Crippen LogP contribution in [-0.4, -0.2) is 54.7 Å². The van der Waals surface area contributed by atoms with Crippen LogP contribution in [0.2, 0.25) is 0 Å². The lowest BCUT2D eigenvalue weighted by Crippen LogP contribution is -2.44. The van der Waals surface area contributed by atoms with E-state index >= 15 is 0 Å². The van der Waals surface area contributed by atoms with Crippen LogP contribution in [0.1, 0.15) is 19.4 Å². The number of benzene rings is 1. The van der Waals surface area contributed by atoms with E-state index in [1.165, 1.54) is 0 Å². The average Bonchev–Trinajstić information content (AvgIpc) is 2.69. The molecule has 0 aliphatic heterocycles. The second kappa shape index (κ2) is 13.8. The Hall–Kier alpha value is -3.28. The van der Waals surface area contributed by atoms with Crippen molar-refractivity contribution in [1.82, 2.24) is 5.32 Å². The van der Waals surface area contributed by atoms with Crippen LogP contribution in [0.4, 0.5) is 9.59 Å². The SMILES string of the molecule is CC(=O)OCOC(=O)N[C@@H](CSC(=O)OCOC(C)=O)C(=O)OCc1ccccc1. The highest BCUT2D eigenvalue weighted by molar-refractivity contribution is 8.13. The van der Waals surface area contributed by atoms with Crippen molar-refractivity contribution < 1.29 is 47.7 Å². The predicted octanol–water partition coefficient (Wildman–Crippen LogP) is 1.74. The Morgan fingerprint density at radius 2 is 1.47 bits per heavy atom. The molecular weight excluding hydrogens is 422 g/mol. The summed E-state index contributed by atoms with van der Waals surface area (Å²) < 4.78 is 23.3. The number of alkyl carbamates (subject to hydrolysis) is 1. The number of nitrogens with one attached hydrogen (secondary N) is 1. The fourth-order valence-electron chi connectivity index (χ4n) is 1.70. The molecule has 0 saturated heterocycles. The third-order valence-corrected chi connectivity index (χ3v) is 3.91. The molecule has 1 aromatic rings. The van der Waals surface area contributed by atoms with Gasteiger partial charge >= 0.3 is 29.3 Å². The Balaban J connectivity index is 2.59. The molecule has 0 radical (unpaired) electrons. The number of thioether (sulfide) groups is 1. The van der Waals surface area contributed by atoms with Crippen molar-refractivity contribution in [3.8, 4) is 0 Å². The molecule has 12 heteroatoms. The van der Waals surface area contributed by atoms with Gasteiger partial charge in [0.1, 0.15) is 12.6 Å². The highest BCUT2D eigenvalue weighted by Gasteiger charge is 2.25. The molecule has 0 fully saturated rings. The summed E-state index contributed by atoms with van der Waals surface area (Å²) in [6.45, 7) is 0.989. The zero-order chi connectivity index (χ0) is 22.4. The van der Waals surface area contributed by atoms with Crippen LogP contribution in [0, 0.1) is 0 Å². The first-order valence-corrected chi connectivity index (χ1v) is 9.46. The number of hydrogen-bond acceptors (Lipinski definition) is 11. The summed E-state index contributed by atoms with van der Waals surface area (Å²) in [6, 6.07) is 7.53. The molecule has 30 heavy (non-hydrogen) atoms. The molecule has 0 spiro atoms. The third-order valence-electron chi connectivity index (χ3n) is 3.06. The van der Waals surface area contributed by atoms with E-state index < -0.39 is 48.9 Å². The van der Waals surface area contributed by atoms with Gasteiger partial charge in [-0.15, -0.1) is 0 Å². The zero-order valence-corrected chi connectivity index (χ0v) is 17.1. The quantitative estimate of drug-likeness (QED) is 0.321. The predicted molar refractivity (Wildman–Crippen MR) is 102 cm³/mol. The maximum Gasteiger partial charge on any atom is 0.410 e. The van der Waals surface area contributed by atoms with Crippen LogP contribution in [0.15, 0.2) is 30.3 Å². The second-order valence-electron chi connectivity index (χ2n) is 5.43. The highest BCUT2D eigenvalue weighted by atomic mass is 32.2. The van der Waals surface area contributed by atoms with E-state index in [0.29, 0.717) is 11.8 Å². The number of esters is 3. The fourth-order valence-corrected chi connectivity index (χ4v) is 2.36. The summed E-state index contributed by atoms with van der Waals surface area (Å²) in [4.78, 5) is 57.1. The second-order valence-corrected chi connectivity index (χ2v) is 6.39. The van der Waals surface area contributed by atoms with Gasteiger partial charge in [0.25, 0.3) is 0 Å². The fraction of sp³-hybridized carbons (Fsp3) is 0.389. The van der Waals surface area contributed by atoms with Gasteiger partial charge in [-0.1, -0.05) is 30.3 Å². The molecule has 1 amide bonds. The van der Waals surface area contributed by atoms with Crippen LogP contribution in [0.25, 0.3) is 0 Å². The van der Waals surface area contributed by atoms with Crippen molar-refractivity contribution in [3.05, 3.63) is 35.9 Å². The van der Waals surface area contributed by atoms with E-state index in [1.807, 2.05) is 0 Å². The normalized spacial score (nSPS) is 10.9. The topological polar surface area (TPSA) is 144 Å². The van der Waals surface area contributed by atoms with Gasteiger partial charge in [-0.3, -0.25) is 9.59 Å². The summed E-state index contributed by atoms with van der Waals surface area (Å²) in [7, 11) is 0. The van der Waals surface area contributed by atoms with Gasteiger partial charge in [-0.05, 0) is 17.3 Å². The molecule has 0 bridgehead atoms. The molecule has 0 aromatic heterocycles. The first-order valence-electron chi connectivity index (χ1n) is 8.48. The standard InChI is InChI=1S/C18H21NO10S/c1-12(20)26-10-28-17(23)19-15(9-30-18(24)29-11-27-13(2)21)16(22)25-8-14-6-4-3-5-7-14/h3-7,15H,8-11H2,1-2H3,(H,19,23)/t15-/m0/s1. The van der Waals surface area contributed by atoms with E-state index in [0.717, 1.165) is 19.4 Å². The maximum atomic E-state index is 12.3. The monoisotopic (exact) mass is 443 g/mol. The van der Waals surface area contributed by atoms with E-state index in [2.05, 4.69) is 24.3 Å². The van der Waals surface area contributed by atoms with Gasteiger partial charge in [0.15, 0.2) is 0 Å². The number of rotatable bonds is 10. The number of ether oxygens (including phenoxy) is 5. The molecule has 0 aliphatic carbocycles. The lowest BCUT2D eigenvalue weighted by molar-refractivity contribution is -0.150. The summed E-state index contributed by atoms with van der Waals surface area (Å²) in [5.41, 5.74) is 0.718. The summed E-state index contributed by atoms with van der Waals surface area (Å²) in [6.07, 6.45) is -1.06. The first kappa shape index (κ1) is 24.8. The Bertz CT molecular complexity index is 740. The van der Waals surface area contributed by atoms with Crippen LogP contribution in [0.3, 0.4) is 0 Å². The lowest BCUT2D eigenvalue weighted by Gasteiger charge is -2.17. The van der Waals surface area contributed by atoms with Gasteiger partial charge in [-0.25, -0.2) is 14.4 Å². The summed E-state index contributed by atoms with van der Waals surface area (Å²) >= 11 is 0.548. The maximum absolute atomic E-state index is 12.3. The van der Waals surface area contributed by atoms with Crippen molar-refractivity contribution in [1.29, 1.82) is 0 Å². The molecule has 0 unspecified atom stereocenters. The first-order chi connectivity index (χ1) is 14.3.